The number of carbonyl (C=O) groups excluding carboxylic acids is 2. The van der Waals surface area contributed by atoms with Crippen LogP contribution in [-0.2, 0) is 26.2 Å². The van der Waals surface area contributed by atoms with Gasteiger partial charge in [-0.1, -0.05) is 37.3 Å². The van der Waals surface area contributed by atoms with Gasteiger partial charge in [0.25, 0.3) is 0 Å². The van der Waals surface area contributed by atoms with Gasteiger partial charge in [-0.15, -0.1) is 0 Å². The molecule has 2 amide bonds. The molecule has 2 aromatic carbocycles. The van der Waals surface area contributed by atoms with E-state index >= 15 is 0 Å². The lowest BCUT2D eigenvalue weighted by Gasteiger charge is -2.32. The highest BCUT2D eigenvalue weighted by Gasteiger charge is 2.30. The Kier molecular flexibility index (Phi) is 9.05. The van der Waals surface area contributed by atoms with Crippen molar-refractivity contribution in [3.8, 4) is 0 Å². The number of hydrogen-bond donors (Lipinski definition) is 1. The van der Waals surface area contributed by atoms with Gasteiger partial charge in [0, 0.05) is 13.1 Å². The number of nitrogens with one attached hydrogen (secondary N) is 1. The summed E-state index contributed by atoms with van der Waals surface area (Å²) in [5.74, 6) is -0.710. The van der Waals surface area contributed by atoms with Gasteiger partial charge in [0.2, 0.25) is 21.8 Å². The molecule has 1 atom stereocenters. The Morgan fingerprint density at radius 1 is 1.03 bits per heavy atom. The summed E-state index contributed by atoms with van der Waals surface area (Å²) in [6.45, 7) is 9.64. The van der Waals surface area contributed by atoms with E-state index in [0.29, 0.717) is 12.2 Å². The monoisotopic (exact) mass is 473 g/mol. The Morgan fingerprint density at radius 2 is 1.64 bits per heavy atom. The van der Waals surface area contributed by atoms with Crippen LogP contribution in [0, 0.1) is 20.8 Å². The molecule has 0 aromatic heterocycles. The summed E-state index contributed by atoms with van der Waals surface area (Å²) in [4.78, 5) is 27.7. The van der Waals surface area contributed by atoms with Crippen LogP contribution in [0.3, 0.4) is 0 Å². The van der Waals surface area contributed by atoms with Gasteiger partial charge >= 0.3 is 0 Å². The maximum absolute atomic E-state index is 13.5. The first-order chi connectivity index (χ1) is 15.4. The molecule has 0 spiro atoms. The first-order valence-electron chi connectivity index (χ1n) is 11.1. The Balaban J connectivity index is 2.42. The van der Waals surface area contributed by atoms with Gasteiger partial charge in [-0.2, -0.15) is 0 Å². The van der Waals surface area contributed by atoms with E-state index in [1.807, 2.05) is 58.0 Å². The van der Waals surface area contributed by atoms with E-state index in [2.05, 4.69) is 5.32 Å². The number of rotatable bonds is 10. The van der Waals surface area contributed by atoms with Gasteiger partial charge < -0.3 is 10.2 Å². The summed E-state index contributed by atoms with van der Waals surface area (Å²) in [7, 11) is -3.74. The number of nitrogens with zero attached hydrogens (tertiary/aromatic N) is 2. The quantitative estimate of drug-likeness (QED) is 0.574. The molecular weight excluding hydrogens is 438 g/mol. The molecule has 0 saturated carbocycles. The van der Waals surface area contributed by atoms with E-state index in [9.17, 15) is 18.0 Å². The molecule has 1 N–H and O–H groups in total. The molecule has 2 rings (SSSR count). The van der Waals surface area contributed by atoms with Crippen molar-refractivity contribution in [1.82, 2.24) is 10.2 Å². The molecule has 0 fully saturated rings. The fraction of sp³-hybridized carbons (Fsp3) is 0.440. The summed E-state index contributed by atoms with van der Waals surface area (Å²) in [5.41, 5.74) is 4.12. The molecule has 0 aliphatic rings. The molecule has 2 aromatic rings. The zero-order valence-corrected chi connectivity index (χ0v) is 21.2. The van der Waals surface area contributed by atoms with Crippen molar-refractivity contribution >= 4 is 27.5 Å². The van der Waals surface area contributed by atoms with E-state index < -0.39 is 22.0 Å². The Morgan fingerprint density at radius 3 is 2.18 bits per heavy atom. The van der Waals surface area contributed by atoms with Crippen LogP contribution in [0.2, 0.25) is 0 Å². The van der Waals surface area contributed by atoms with Gasteiger partial charge in [0.1, 0.15) is 12.6 Å². The zero-order valence-electron chi connectivity index (χ0n) is 20.4. The smallest absolute Gasteiger partial charge is 0.244 e. The Labute approximate surface area is 197 Å². The average Bonchev–Trinajstić information content (AvgIpc) is 2.73. The van der Waals surface area contributed by atoms with Crippen molar-refractivity contribution in [2.45, 2.75) is 53.6 Å². The topological polar surface area (TPSA) is 86.8 Å². The van der Waals surface area contributed by atoms with Crippen LogP contribution in [0.5, 0.6) is 0 Å². The van der Waals surface area contributed by atoms with E-state index in [0.717, 1.165) is 39.2 Å². The minimum absolute atomic E-state index is 0.205. The lowest BCUT2D eigenvalue weighted by atomic mass is 10.1. The number of hydrogen-bond acceptors (Lipinski definition) is 4. The first kappa shape index (κ1) is 26.4. The number of anilines is 1. The van der Waals surface area contributed by atoms with Crippen molar-refractivity contribution < 1.29 is 18.0 Å². The third-order valence-electron chi connectivity index (χ3n) is 5.49. The first-order valence-corrected chi connectivity index (χ1v) is 13.0. The van der Waals surface area contributed by atoms with Gasteiger partial charge in [-0.25, -0.2) is 8.42 Å². The maximum atomic E-state index is 13.5. The van der Waals surface area contributed by atoms with Gasteiger partial charge in [-0.05, 0) is 68.5 Å². The third-order valence-corrected chi connectivity index (χ3v) is 6.63. The van der Waals surface area contributed by atoms with Crippen molar-refractivity contribution in [2.24, 2.45) is 0 Å². The minimum Gasteiger partial charge on any atom is -0.354 e. The van der Waals surface area contributed by atoms with Crippen LogP contribution in [-0.4, -0.2) is 50.5 Å². The number of sulfonamides is 1. The lowest BCUT2D eigenvalue weighted by molar-refractivity contribution is -0.139. The molecule has 180 valence electrons. The summed E-state index contributed by atoms with van der Waals surface area (Å²) in [6, 6.07) is 12.3. The molecule has 0 radical (unpaired) electrons. The van der Waals surface area contributed by atoms with Crippen molar-refractivity contribution in [1.29, 1.82) is 0 Å². The molecular formula is C25H35N3O4S. The van der Waals surface area contributed by atoms with E-state index in [1.165, 1.54) is 4.90 Å². The zero-order chi connectivity index (χ0) is 24.8. The van der Waals surface area contributed by atoms with Gasteiger partial charge in [0.15, 0.2) is 0 Å². The predicted octanol–water partition coefficient (Wildman–Crippen LogP) is 3.32. The van der Waals surface area contributed by atoms with Crippen LogP contribution in [0.25, 0.3) is 0 Å². The fourth-order valence-electron chi connectivity index (χ4n) is 3.66. The fourth-order valence-corrected chi connectivity index (χ4v) is 4.49. The molecule has 0 saturated heterocycles. The molecule has 0 heterocycles. The standard InChI is InChI=1S/C25H35N3O4S/c1-7-12-26-25(30)21(5)27(16-22-11-9-8-10-20(22)4)24(29)17-28(33(6,31)32)23-14-18(2)13-19(3)15-23/h8-11,13-15,21H,7,12,16-17H2,1-6H3,(H,26,30)/t21-/m0/s1. The van der Waals surface area contributed by atoms with Crippen LogP contribution in [0.1, 0.15) is 42.5 Å². The molecule has 0 aliphatic carbocycles. The molecule has 0 bridgehead atoms. The van der Waals surface area contributed by atoms with Crippen LogP contribution < -0.4 is 9.62 Å². The second-order valence-corrected chi connectivity index (χ2v) is 10.4. The highest BCUT2D eigenvalue weighted by molar-refractivity contribution is 7.92. The number of benzene rings is 2. The molecule has 8 heteroatoms. The van der Waals surface area contributed by atoms with Gasteiger partial charge in [0.05, 0.1) is 11.9 Å². The summed E-state index contributed by atoms with van der Waals surface area (Å²) in [6.07, 6.45) is 1.86. The molecule has 0 aliphatic heterocycles. The van der Waals surface area contributed by atoms with E-state index in [4.69, 9.17) is 0 Å². The summed E-state index contributed by atoms with van der Waals surface area (Å²) < 4.78 is 26.4. The van der Waals surface area contributed by atoms with E-state index in [1.54, 1.807) is 19.1 Å². The molecule has 33 heavy (non-hydrogen) atoms. The molecule has 0 unspecified atom stereocenters. The summed E-state index contributed by atoms with van der Waals surface area (Å²) in [5, 5.41) is 2.83. The highest BCUT2D eigenvalue weighted by Crippen LogP contribution is 2.22. The lowest BCUT2D eigenvalue weighted by Crippen LogP contribution is -2.51. The second-order valence-electron chi connectivity index (χ2n) is 8.53. The van der Waals surface area contributed by atoms with Crippen molar-refractivity contribution in [3.05, 3.63) is 64.7 Å². The minimum atomic E-state index is -3.74. The number of carbonyl (C=O) groups is 2. The SMILES string of the molecule is CCCNC(=O)[C@H](C)N(Cc1ccccc1C)C(=O)CN(c1cc(C)cc(C)c1)S(C)(=O)=O. The number of aryl methyl sites for hydroxylation is 3. The number of amides is 2. The third kappa shape index (κ3) is 7.32. The Hall–Kier alpha value is -2.87. The Bertz CT molecular complexity index is 1080. The summed E-state index contributed by atoms with van der Waals surface area (Å²) >= 11 is 0. The van der Waals surface area contributed by atoms with Crippen LogP contribution in [0.15, 0.2) is 42.5 Å². The second kappa shape index (κ2) is 11.3. The normalized spacial score (nSPS) is 12.2. The van der Waals surface area contributed by atoms with E-state index in [-0.39, 0.29) is 19.0 Å². The van der Waals surface area contributed by atoms with Crippen LogP contribution >= 0.6 is 0 Å². The average molecular weight is 474 g/mol. The maximum Gasteiger partial charge on any atom is 0.244 e. The largest absolute Gasteiger partial charge is 0.354 e. The van der Waals surface area contributed by atoms with Crippen LogP contribution in [0.4, 0.5) is 5.69 Å². The van der Waals surface area contributed by atoms with Crippen molar-refractivity contribution in [2.75, 3.05) is 23.7 Å². The highest BCUT2D eigenvalue weighted by atomic mass is 32.2. The molecule has 7 nitrogen and oxygen atoms in total. The van der Waals surface area contributed by atoms with Crippen molar-refractivity contribution in [3.63, 3.8) is 0 Å². The van der Waals surface area contributed by atoms with Gasteiger partial charge in [-0.3, -0.25) is 13.9 Å². The predicted molar refractivity (Wildman–Crippen MR) is 133 cm³/mol.